The van der Waals surface area contributed by atoms with Crippen LogP contribution in [-0.2, 0) is 19.8 Å². The van der Waals surface area contributed by atoms with Crippen LogP contribution < -0.4 is 0 Å². The highest BCUT2D eigenvalue weighted by atomic mass is 16.3. The summed E-state index contributed by atoms with van der Waals surface area (Å²) in [5.74, 6) is 0. The number of hydrogen-bond donors (Lipinski definition) is 3. The highest BCUT2D eigenvalue weighted by Crippen LogP contribution is 2.37. The van der Waals surface area contributed by atoms with Gasteiger partial charge in [0, 0.05) is 0 Å². The molecule has 0 aliphatic heterocycles. The summed E-state index contributed by atoms with van der Waals surface area (Å²) in [6, 6.07) is 56.6. The van der Waals surface area contributed by atoms with Crippen LogP contribution >= 0.6 is 0 Å². The van der Waals surface area contributed by atoms with Crippen LogP contribution in [0.15, 0.2) is 164 Å². The molecule has 234 valence electrons. The predicted molar refractivity (Wildman–Crippen MR) is 197 cm³/mol. The van der Waals surface area contributed by atoms with Crippen molar-refractivity contribution >= 4 is 0 Å². The Morgan fingerprint density at radius 1 is 0.229 bits per heavy atom. The first kappa shape index (κ1) is 31.0. The summed E-state index contributed by atoms with van der Waals surface area (Å²) in [6.07, 6.45) is 0. The van der Waals surface area contributed by atoms with Crippen molar-refractivity contribution in [2.75, 3.05) is 0 Å². The van der Waals surface area contributed by atoms with Gasteiger partial charge in [0.2, 0.25) is 0 Å². The third-order valence-electron chi connectivity index (χ3n) is 8.85. The van der Waals surface area contributed by atoms with Crippen LogP contribution in [0.2, 0.25) is 0 Å². The molecule has 0 aliphatic carbocycles. The molecule has 0 bridgehead atoms. The highest BCUT2D eigenvalue weighted by molar-refractivity contribution is 5.85. The molecule has 3 nitrogen and oxygen atoms in total. The normalized spacial score (nSPS) is 11.1. The SMILES string of the molecule is OCc1cccc(-c2cccc(-c3cc(-c4cccc(-c5cccc(CO)c5)c4)cc(-c4cccc(-c5cccc(CO)c5)c4)c3)c2)c1. The molecule has 0 heterocycles. The lowest BCUT2D eigenvalue weighted by Gasteiger charge is -2.14. The standard InChI is InChI=1S/C45H36O3/c46-28-31-7-1-10-34(19-31)37-13-4-16-40(22-37)43-25-44(41-17-5-14-38(23-41)35-11-2-8-32(20-35)29-47)27-45(26-43)42-18-6-15-39(24-42)36-12-3-9-33(21-36)30-48/h1-27,46-48H,28-30H2. The average Bonchev–Trinajstić information content (AvgIpc) is 3.18. The zero-order chi connectivity index (χ0) is 32.9. The lowest BCUT2D eigenvalue weighted by Crippen LogP contribution is -1.89. The highest BCUT2D eigenvalue weighted by Gasteiger charge is 2.11. The molecule has 3 heteroatoms. The zero-order valence-electron chi connectivity index (χ0n) is 26.6. The minimum absolute atomic E-state index is 0.00561. The number of aliphatic hydroxyl groups excluding tert-OH is 3. The summed E-state index contributed by atoms with van der Waals surface area (Å²) >= 11 is 0. The van der Waals surface area contributed by atoms with Crippen LogP contribution in [0.3, 0.4) is 0 Å². The first-order valence-electron chi connectivity index (χ1n) is 16.2. The topological polar surface area (TPSA) is 60.7 Å². The minimum atomic E-state index is 0.00561. The Morgan fingerprint density at radius 3 is 0.667 bits per heavy atom. The molecule has 7 aromatic carbocycles. The Balaban J connectivity index is 1.37. The largest absolute Gasteiger partial charge is 0.392 e. The summed E-state index contributed by atoms with van der Waals surface area (Å²) in [7, 11) is 0. The predicted octanol–water partition coefficient (Wildman–Crippen LogP) is 10.2. The molecule has 0 fully saturated rings. The first-order valence-corrected chi connectivity index (χ1v) is 16.2. The molecule has 0 aromatic heterocycles. The van der Waals surface area contributed by atoms with E-state index in [-0.39, 0.29) is 19.8 Å². The van der Waals surface area contributed by atoms with E-state index in [0.29, 0.717) is 0 Å². The molecule has 0 spiro atoms. The second-order valence-corrected chi connectivity index (χ2v) is 12.1. The van der Waals surface area contributed by atoms with Crippen molar-refractivity contribution < 1.29 is 15.3 Å². The molecule has 0 radical (unpaired) electrons. The summed E-state index contributed by atoms with van der Waals surface area (Å²) < 4.78 is 0. The van der Waals surface area contributed by atoms with Gasteiger partial charge in [0.05, 0.1) is 19.8 Å². The van der Waals surface area contributed by atoms with Gasteiger partial charge in [-0.1, -0.05) is 109 Å². The fraction of sp³-hybridized carbons (Fsp3) is 0.0667. The van der Waals surface area contributed by atoms with Crippen molar-refractivity contribution in [3.8, 4) is 66.8 Å². The zero-order valence-corrected chi connectivity index (χ0v) is 26.6. The fourth-order valence-electron chi connectivity index (χ4n) is 6.31. The Morgan fingerprint density at radius 2 is 0.417 bits per heavy atom. The average molecular weight is 625 g/mol. The Labute approximate surface area is 281 Å². The van der Waals surface area contributed by atoms with E-state index in [1.165, 1.54) is 0 Å². The van der Waals surface area contributed by atoms with Gasteiger partial charge in [0.25, 0.3) is 0 Å². The summed E-state index contributed by atoms with van der Waals surface area (Å²) in [5, 5.41) is 29.2. The van der Waals surface area contributed by atoms with E-state index in [2.05, 4.69) is 109 Å². The smallest absolute Gasteiger partial charge is 0.0682 e. The molecular weight excluding hydrogens is 588 g/mol. The molecule has 0 saturated carbocycles. The maximum atomic E-state index is 9.73. The summed E-state index contributed by atoms with van der Waals surface area (Å²) in [4.78, 5) is 0. The Bertz CT molecular complexity index is 1950. The van der Waals surface area contributed by atoms with Gasteiger partial charge in [0.15, 0.2) is 0 Å². The van der Waals surface area contributed by atoms with E-state index in [1.54, 1.807) is 0 Å². The monoisotopic (exact) mass is 624 g/mol. The lowest BCUT2D eigenvalue weighted by atomic mass is 9.90. The molecule has 3 N–H and O–H groups in total. The molecule has 0 unspecified atom stereocenters. The maximum absolute atomic E-state index is 9.73. The third-order valence-corrected chi connectivity index (χ3v) is 8.85. The van der Waals surface area contributed by atoms with Gasteiger partial charge >= 0.3 is 0 Å². The van der Waals surface area contributed by atoms with Crippen molar-refractivity contribution in [2.45, 2.75) is 19.8 Å². The van der Waals surface area contributed by atoms with E-state index >= 15 is 0 Å². The van der Waals surface area contributed by atoms with Gasteiger partial charge in [-0.25, -0.2) is 0 Å². The number of hydrogen-bond acceptors (Lipinski definition) is 3. The van der Waals surface area contributed by atoms with E-state index < -0.39 is 0 Å². The molecule has 0 atom stereocenters. The van der Waals surface area contributed by atoms with Crippen molar-refractivity contribution in [1.82, 2.24) is 0 Å². The number of aliphatic hydroxyl groups is 3. The van der Waals surface area contributed by atoms with Crippen LogP contribution in [0.4, 0.5) is 0 Å². The van der Waals surface area contributed by atoms with Crippen LogP contribution in [0.1, 0.15) is 16.7 Å². The fourth-order valence-corrected chi connectivity index (χ4v) is 6.31. The molecule has 0 amide bonds. The van der Waals surface area contributed by atoms with Gasteiger partial charge in [-0.15, -0.1) is 0 Å². The Hall–Kier alpha value is -5.58. The van der Waals surface area contributed by atoms with Crippen LogP contribution in [-0.4, -0.2) is 15.3 Å². The van der Waals surface area contributed by atoms with Crippen LogP contribution in [0, 0.1) is 0 Å². The van der Waals surface area contributed by atoms with Gasteiger partial charge in [-0.3, -0.25) is 0 Å². The second-order valence-electron chi connectivity index (χ2n) is 12.1. The molecule has 0 aliphatic rings. The van der Waals surface area contributed by atoms with Crippen molar-refractivity contribution in [3.05, 3.63) is 180 Å². The maximum Gasteiger partial charge on any atom is 0.0682 e. The molecule has 0 saturated heterocycles. The third kappa shape index (κ3) is 6.76. The van der Waals surface area contributed by atoms with E-state index in [1.807, 2.05) is 54.6 Å². The van der Waals surface area contributed by atoms with E-state index in [0.717, 1.165) is 83.5 Å². The molecule has 7 aromatic rings. The van der Waals surface area contributed by atoms with Gasteiger partial charge in [0.1, 0.15) is 0 Å². The summed E-state index contributed by atoms with van der Waals surface area (Å²) in [5.41, 5.74) is 15.7. The van der Waals surface area contributed by atoms with E-state index in [9.17, 15) is 15.3 Å². The number of benzene rings is 7. The van der Waals surface area contributed by atoms with E-state index in [4.69, 9.17) is 0 Å². The Kier molecular flexibility index (Phi) is 9.08. The van der Waals surface area contributed by atoms with Gasteiger partial charge < -0.3 is 15.3 Å². The first-order chi connectivity index (χ1) is 23.6. The second kappa shape index (κ2) is 14.0. The number of rotatable bonds is 9. The van der Waals surface area contributed by atoms with Crippen LogP contribution in [0.25, 0.3) is 66.8 Å². The molecular formula is C45H36O3. The lowest BCUT2D eigenvalue weighted by molar-refractivity contribution is 0.281. The van der Waals surface area contributed by atoms with Crippen molar-refractivity contribution in [1.29, 1.82) is 0 Å². The van der Waals surface area contributed by atoms with Crippen molar-refractivity contribution in [2.24, 2.45) is 0 Å². The summed E-state index contributed by atoms with van der Waals surface area (Å²) in [6.45, 7) is 0.0168. The van der Waals surface area contributed by atoms with Crippen molar-refractivity contribution in [3.63, 3.8) is 0 Å². The molecule has 7 rings (SSSR count). The van der Waals surface area contributed by atoms with Crippen LogP contribution in [0.5, 0.6) is 0 Å². The van der Waals surface area contributed by atoms with Gasteiger partial charge in [-0.2, -0.15) is 0 Å². The quantitative estimate of drug-likeness (QED) is 0.150. The minimum Gasteiger partial charge on any atom is -0.392 e. The molecule has 48 heavy (non-hydrogen) atoms. The van der Waals surface area contributed by atoms with Gasteiger partial charge in [-0.05, 0) is 138 Å².